The second-order valence-corrected chi connectivity index (χ2v) is 6.66. The number of benzene rings is 1. The zero-order valence-corrected chi connectivity index (χ0v) is 12.9. The maximum atomic E-state index is 13.5. The molecule has 1 heterocycles. The molecule has 1 saturated heterocycles. The second-order valence-electron chi connectivity index (χ2n) is 5.01. The lowest BCUT2D eigenvalue weighted by molar-refractivity contribution is -0.131. The number of halogens is 1. The Kier molecular flexibility index (Phi) is 5.49. The Morgan fingerprint density at radius 1 is 1.50 bits per heavy atom. The molecule has 1 aliphatic heterocycles. The van der Waals surface area contributed by atoms with Crippen molar-refractivity contribution in [2.24, 2.45) is 0 Å². The predicted octanol–water partition coefficient (Wildman–Crippen LogP) is 1.21. The Hall–Kier alpha value is -1.51. The van der Waals surface area contributed by atoms with Crippen LogP contribution in [-0.2, 0) is 24.3 Å². The molecule has 1 amide bonds. The lowest BCUT2D eigenvalue weighted by atomic mass is 10.2. The first-order valence-electron chi connectivity index (χ1n) is 6.94. The van der Waals surface area contributed by atoms with E-state index in [1.807, 2.05) is 4.72 Å². The molecule has 0 bridgehead atoms. The fourth-order valence-electron chi connectivity index (χ4n) is 2.04. The number of sulfonamides is 1. The monoisotopic (exact) mass is 331 g/mol. The number of ether oxygens (including phenoxy) is 2. The number of hydrogen-bond donors (Lipinski definition) is 1. The van der Waals surface area contributed by atoms with Gasteiger partial charge in [0.15, 0.2) is 0 Å². The van der Waals surface area contributed by atoms with Crippen LogP contribution in [0.3, 0.4) is 0 Å². The minimum Gasteiger partial charge on any atom is -0.376 e. The average molecular weight is 331 g/mol. The zero-order valence-electron chi connectivity index (χ0n) is 12.1. The van der Waals surface area contributed by atoms with E-state index in [0.29, 0.717) is 6.61 Å². The van der Waals surface area contributed by atoms with Crippen molar-refractivity contribution in [2.75, 3.05) is 13.2 Å². The Morgan fingerprint density at radius 3 is 2.86 bits per heavy atom. The van der Waals surface area contributed by atoms with Gasteiger partial charge in [0.05, 0.1) is 12.7 Å². The summed E-state index contributed by atoms with van der Waals surface area (Å²) in [4.78, 5) is 11.3. The van der Waals surface area contributed by atoms with E-state index in [2.05, 4.69) is 0 Å². The predicted molar refractivity (Wildman–Crippen MR) is 76.1 cm³/mol. The third kappa shape index (κ3) is 4.25. The molecule has 0 radical (unpaired) electrons. The molecule has 122 valence electrons. The standard InChI is InChI=1S/C14H18FNO5S/c1-10(21-9-11-5-4-8-20-11)14(17)16-22(18,19)13-7-3-2-6-12(13)15/h2-3,6-7,10-11H,4-5,8-9H2,1H3,(H,16,17)/t10-,11-/m0/s1. The van der Waals surface area contributed by atoms with Crippen molar-refractivity contribution in [3.63, 3.8) is 0 Å². The molecule has 6 nitrogen and oxygen atoms in total. The summed E-state index contributed by atoms with van der Waals surface area (Å²) < 4.78 is 49.9. The highest BCUT2D eigenvalue weighted by Crippen LogP contribution is 2.15. The molecule has 0 unspecified atom stereocenters. The molecule has 0 spiro atoms. The normalized spacial score (nSPS) is 19.8. The summed E-state index contributed by atoms with van der Waals surface area (Å²) in [7, 11) is -4.26. The molecular weight excluding hydrogens is 313 g/mol. The maximum absolute atomic E-state index is 13.5. The van der Waals surface area contributed by atoms with Gasteiger partial charge in [-0.2, -0.15) is 0 Å². The molecule has 2 atom stereocenters. The van der Waals surface area contributed by atoms with E-state index in [4.69, 9.17) is 9.47 Å². The quantitative estimate of drug-likeness (QED) is 0.847. The number of hydrogen-bond acceptors (Lipinski definition) is 5. The Bertz CT molecular complexity index is 628. The van der Waals surface area contributed by atoms with E-state index in [9.17, 15) is 17.6 Å². The maximum Gasteiger partial charge on any atom is 0.267 e. The van der Waals surface area contributed by atoms with E-state index in [0.717, 1.165) is 25.0 Å². The third-order valence-corrected chi connectivity index (χ3v) is 4.67. The van der Waals surface area contributed by atoms with Gasteiger partial charge in [-0.25, -0.2) is 17.5 Å². The summed E-state index contributed by atoms with van der Waals surface area (Å²) in [5, 5.41) is 0. The van der Waals surface area contributed by atoms with Crippen molar-refractivity contribution in [1.82, 2.24) is 4.72 Å². The summed E-state index contributed by atoms with van der Waals surface area (Å²) in [6.07, 6.45) is 0.738. The van der Waals surface area contributed by atoms with Gasteiger partial charge < -0.3 is 9.47 Å². The highest BCUT2D eigenvalue weighted by Gasteiger charge is 2.25. The van der Waals surface area contributed by atoms with Crippen LogP contribution in [0.15, 0.2) is 29.2 Å². The van der Waals surface area contributed by atoms with Gasteiger partial charge in [-0.1, -0.05) is 12.1 Å². The van der Waals surface area contributed by atoms with Gasteiger partial charge in [-0.05, 0) is 31.9 Å². The average Bonchev–Trinajstić information content (AvgIpc) is 2.97. The van der Waals surface area contributed by atoms with Gasteiger partial charge >= 0.3 is 0 Å². The number of carbonyl (C=O) groups excluding carboxylic acids is 1. The van der Waals surface area contributed by atoms with Crippen LogP contribution in [0.4, 0.5) is 4.39 Å². The molecule has 0 saturated carbocycles. The lowest BCUT2D eigenvalue weighted by Gasteiger charge is -2.16. The number of nitrogens with one attached hydrogen (secondary N) is 1. The molecule has 0 aliphatic carbocycles. The van der Waals surface area contributed by atoms with Gasteiger partial charge in [0.25, 0.3) is 15.9 Å². The van der Waals surface area contributed by atoms with Gasteiger partial charge in [-0.15, -0.1) is 0 Å². The molecule has 1 aliphatic rings. The lowest BCUT2D eigenvalue weighted by Crippen LogP contribution is -2.39. The fraction of sp³-hybridized carbons (Fsp3) is 0.500. The minimum atomic E-state index is -4.26. The topological polar surface area (TPSA) is 81.7 Å². The van der Waals surface area contributed by atoms with Crippen molar-refractivity contribution >= 4 is 15.9 Å². The van der Waals surface area contributed by atoms with Crippen LogP contribution in [0, 0.1) is 5.82 Å². The molecule has 1 aromatic rings. The van der Waals surface area contributed by atoms with E-state index in [1.165, 1.54) is 19.1 Å². The van der Waals surface area contributed by atoms with Crippen molar-refractivity contribution in [2.45, 2.75) is 36.9 Å². The van der Waals surface area contributed by atoms with Gasteiger partial charge in [0, 0.05) is 6.61 Å². The number of carbonyl (C=O) groups is 1. The SMILES string of the molecule is C[C@H](OC[C@@H]1CCCO1)C(=O)NS(=O)(=O)c1ccccc1F. The summed E-state index contributed by atoms with van der Waals surface area (Å²) in [5.41, 5.74) is 0. The van der Waals surface area contributed by atoms with Gasteiger partial charge in [0.2, 0.25) is 0 Å². The number of amides is 1. The third-order valence-electron chi connectivity index (χ3n) is 3.29. The molecular formula is C14H18FNO5S. The van der Waals surface area contributed by atoms with E-state index < -0.39 is 32.7 Å². The number of rotatable bonds is 6. The summed E-state index contributed by atoms with van der Waals surface area (Å²) in [5.74, 6) is -1.77. The van der Waals surface area contributed by atoms with Crippen LogP contribution in [0.2, 0.25) is 0 Å². The van der Waals surface area contributed by atoms with Crippen LogP contribution in [0.5, 0.6) is 0 Å². The largest absolute Gasteiger partial charge is 0.376 e. The first-order chi connectivity index (χ1) is 10.4. The van der Waals surface area contributed by atoms with Crippen LogP contribution < -0.4 is 4.72 Å². The van der Waals surface area contributed by atoms with Gasteiger partial charge in [0.1, 0.15) is 16.8 Å². The molecule has 22 heavy (non-hydrogen) atoms. The molecule has 1 N–H and O–H groups in total. The van der Waals surface area contributed by atoms with Crippen LogP contribution in [0.1, 0.15) is 19.8 Å². The highest BCUT2D eigenvalue weighted by atomic mass is 32.2. The van der Waals surface area contributed by atoms with E-state index in [1.54, 1.807) is 0 Å². The molecule has 8 heteroatoms. The molecule has 0 aromatic heterocycles. The Balaban J connectivity index is 1.93. The first kappa shape index (κ1) is 16.9. The molecule has 2 rings (SSSR count). The van der Waals surface area contributed by atoms with Gasteiger partial charge in [-0.3, -0.25) is 4.79 Å². The minimum absolute atomic E-state index is 0.0709. The van der Waals surface area contributed by atoms with Crippen LogP contribution in [-0.4, -0.2) is 39.7 Å². The summed E-state index contributed by atoms with van der Waals surface area (Å²) in [6, 6.07) is 4.84. The van der Waals surface area contributed by atoms with Crippen molar-refractivity contribution in [3.8, 4) is 0 Å². The van der Waals surface area contributed by atoms with E-state index >= 15 is 0 Å². The van der Waals surface area contributed by atoms with E-state index in [-0.39, 0.29) is 12.7 Å². The highest BCUT2D eigenvalue weighted by molar-refractivity contribution is 7.90. The van der Waals surface area contributed by atoms with Crippen LogP contribution >= 0.6 is 0 Å². The van der Waals surface area contributed by atoms with Crippen LogP contribution in [0.25, 0.3) is 0 Å². The van der Waals surface area contributed by atoms with Crippen molar-refractivity contribution in [1.29, 1.82) is 0 Å². The van der Waals surface area contributed by atoms with Crippen molar-refractivity contribution in [3.05, 3.63) is 30.1 Å². The zero-order chi connectivity index (χ0) is 16.2. The first-order valence-corrected chi connectivity index (χ1v) is 8.43. The molecule has 1 fully saturated rings. The fourth-order valence-corrected chi connectivity index (χ4v) is 3.16. The Morgan fingerprint density at radius 2 is 2.23 bits per heavy atom. The smallest absolute Gasteiger partial charge is 0.267 e. The molecule has 1 aromatic carbocycles. The summed E-state index contributed by atoms with van der Waals surface area (Å²) in [6.45, 7) is 2.31. The Labute approximate surface area is 128 Å². The summed E-state index contributed by atoms with van der Waals surface area (Å²) >= 11 is 0. The second kappa shape index (κ2) is 7.17. The van der Waals surface area contributed by atoms with Crippen molar-refractivity contribution < 1.29 is 27.1 Å².